The minimum atomic E-state index is -0.564. The largest absolute Gasteiger partial charge is 0.371 e. The molecular weight excluding hydrogens is 268 g/mol. The molecule has 0 spiro atoms. The van der Waals surface area contributed by atoms with E-state index in [0.29, 0.717) is 6.04 Å². The molecule has 3 nitrogen and oxygen atoms in total. The molecule has 0 atom stereocenters. The summed E-state index contributed by atoms with van der Waals surface area (Å²) in [7, 11) is -0.564. The average Bonchev–Trinajstić information content (AvgIpc) is 3.01. The summed E-state index contributed by atoms with van der Waals surface area (Å²) in [5.74, 6) is 1.73. The number of nitrogens with zero attached hydrogens (tertiary/aromatic N) is 1. The molecule has 2 aliphatic heterocycles. The van der Waals surface area contributed by atoms with Gasteiger partial charge in [0.25, 0.3) is 0 Å². The molecule has 3 rings (SSSR count). The van der Waals surface area contributed by atoms with Crippen LogP contribution >= 0.6 is 0 Å². The molecule has 0 amide bonds. The Morgan fingerprint density at radius 1 is 1.15 bits per heavy atom. The second kappa shape index (κ2) is 6.72. The molecule has 2 heterocycles. The lowest BCUT2D eigenvalue weighted by Gasteiger charge is -2.25. The van der Waals surface area contributed by atoms with E-state index in [0.717, 1.165) is 30.9 Å². The van der Waals surface area contributed by atoms with Crippen molar-refractivity contribution in [2.75, 3.05) is 29.5 Å². The van der Waals surface area contributed by atoms with Gasteiger partial charge in [0.2, 0.25) is 0 Å². The van der Waals surface area contributed by atoms with Crippen LogP contribution in [0.1, 0.15) is 31.2 Å². The van der Waals surface area contributed by atoms with Gasteiger partial charge in [0.05, 0.1) is 0 Å². The molecule has 2 aliphatic rings. The fraction of sp³-hybridized carbons (Fsp3) is 0.625. The van der Waals surface area contributed by atoms with Gasteiger partial charge in [-0.1, -0.05) is 18.2 Å². The zero-order chi connectivity index (χ0) is 13.8. The quantitative estimate of drug-likeness (QED) is 0.924. The van der Waals surface area contributed by atoms with E-state index in [1.807, 2.05) is 0 Å². The molecule has 0 bridgehead atoms. The molecule has 1 N–H and O–H groups in total. The third-order valence-corrected chi connectivity index (χ3v) is 5.79. The van der Waals surface area contributed by atoms with Crippen LogP contribution in [0.4, 0.5) is 5.69 Å². The average molecular weight is 292 g/mol. The van der Waals surface area contributed by atoms with E-state index in [2.05, 4.69) is 34.5 Å². The molecule has 0 aromatic heterocycles. The second-order valence-electron chi connectivity index (χ2n) is 5.83. The lowest BCUT2D eigenvalue weighted by molar-refractivity contribution is 0.475. The van der Waals surface area contributed by atoms with Crippen molar-refractivity contribution < 1.29 is 4.21 Å². The van der Waals surface area contributed by atoms with E-state index < -0.39 is 10.8 Å². The molecule has 0 unspecified atom stereocenters. The number of hydrogen-bond acceptors (Lipinski definition) is 3. The van der Waals surface area contributed by atoms with Crippen LogP contribution in [-0.4, -0.2) is 34.8 Å². The summed E-state index contributed by atoms with van der Waals surface area (Å²) in [5.41, 5.74) is 2.80. The van der Waals surface area contributed by atoms with Crippen molar-refractivity contribution in [3.8, 4) is 0 Å². The summed E-state index contributed by atoms with van der Waals surface area (Å²) in [6.07, 6.45) is 4.74. The van der Waals surface area contributed by atoms with Crippen molar-refractivity contribution in [2.24, 2.45) is 0 Å². The van der Waals surface area contributed by atoms with Gasteiger partial charge in [-0.15, -0.1) is 0 Å². The molecule has 20 heavy (non-hydrogen) atoms. The number of benzene rings is 1. The first kappa shape index (κ1) is 14.1. The van der Waals surface area contributed by atoms with Crippen molar-refractivity contribution >= 4 is 16.5 Å². The van der Waals surface area contributed by atoms with Gasteiger partial charge in [-0.2, -0.15) is 0 Å². The van der Waals surface area contributed by atoms with Crippen LogP contribution in [0.2, 0.25) is 0 Å². The molecule has 0 saturated carbocycles. The Bertz CT molecular complexity index is 461. The lowest BCUT2D eigenvalue weighted by atomic mass is 10.1. The first-order chi connectivity index (χ1) is 9.83. The highest BCUT2D eigenvalue weighted by atomic mass is 32.2. The minimum absolute atomic E-state index is 0.541. The summed E-state index contributed by atoms with van der Waals surface area (Å²) >= 11 is 0. The predicted molar refractivity (Wildman–Crippen MR) is 85.6 cm³/mol. The van der Waals surface area contributed by atoms with Crippen molar-refractivity contribution in [3.05, 3.63) is 29.8 Å². The van der Waals surface area contributed by atoms with E-state index in [9.17, 15) is 4.21 Å². The maximum absolute atomic E-state index is 11.4. The van der Waals surface area contributed by atoms with E-state index >= 15 is 0 Å². The van der Waals surface area contributed by atoms with E-state index in [1.54, 1.807) is 0 Å². The van der Waals surface area contributed by atoms with Gasteiger partial charge in [0, 0.05) is 53.7 Å². The summed E-state index contributed by atoms with van der Waals surface area (Å²) in [6.45, 7) is 3.32. The number of rotatable bonds is 4. The number of anilines is 1. The fourth-order valence-electron chi connectivity index (χ4n) is 3.18. The molecule has 0 radical (unpaired) electrons. The third kappa shape index (κ3) is 3.41. The van der Waals surface area contributed by atoms with E-state index in [4.69, 9.17) is 0 Å². The third-order valence-electron chi connectivity index (χ3n) is 4.41. The van der Waals surface area contributed by atoms with Crippen LogP contribution in [0.3, 0.4) is 0 Å². The minimum Gasteiger partial charge on any atom is -0.371 e. The Kier molecular flexibility index (Phi) is 4.73. The van der Waals surface area contributed by atoms with Gasteiger partial charge in [-0.3, -0.25) is 4.21 Å². The van der Waals surface area contributed by atoms with Gasteiger partial charge < -0.3 is 10.2 Å². The summed E-state index contributed by atoms with van der Waals surface area (Å²) in [5, 5.41) is 3.66. The Balaban J connectivity index is 1.60. The number of hydrogen-bond donors (Lipinski definition) is 1. The molecule has 2 saturated heterocycles. The fourth-order valence-corrected chi connectivity index (χ4v) is 4.48. The van der Waals surface area contributed by atoms with Crippen LogP contribution in [0.25, 0.3) is 0 Å². The monoisotopic (exact) mass is 292 g/mol. The molecule has 1 aromatic rings. The molecule has 110 valence electrons. The van der Waals surface area contributed by atoms with Gasteiger partial charge in [0.1, 0.15) is 0 Å². The van der Waals surface area contributed by atoms with Gasteiger partial charge >= 0.3 is 0 Å². The molecular formula is C16H24N2OS. The number of para-hydroxylation sites is 1. The maximum Gasteiger partial charge on any atom is 0.0411 e. The number of nitrogens with one attached hydrogen (secondary N) is 1. The molecule has 0 aliphatic carbocycles. The highest BCUT2D eigenvalue weighted by Crippen LogP contribution is 2.24. The van der Waals surface area contributed by atoms with Gasteiger partial charge in [-0.25, -0.2) is 0 Å². The smallest absolute Gasteiger partial charge is 0.0411 e. The highest BCUT2D eigenvalue weighted by Gasteiger charge is 2.19. The maximum atomic E-state index is 11.4. The zero-order valence-corrected chi connectivity index (χ0v) is 12.8. The lowest BCUT2D eigenvalue weighted by Crippen LogP contribution is -2.35. The Morgan fingerprint density at radius 2 is 1.85 bits per heavy atom. The molecule has 1 aromatic carbocycles. The first-order valence-corrected chi connectivity index (χ1v) is 9.23. The van der Waals surface area contributed by atoms with Crippen molar-refractivity contribution in [1.82, 2.24) is 5.32 Å². The van der Waals surface area contributed by atoms with E-state index in [1.165, 1.54) is 37.2 Å². The summed E-state index contributed by atoms with van der Waals surface area (Å²) in [4.78, 5) is 2.51. The molecule has 2 fully saturated rings. The second-order valence-corrected chi connectivity index (χ2v) is 7.52. The summed E-state index contributed by atoms with van der Waals surface area (Å²) in [6, 6.07) is 9.30. The Labute approximate surface area is 124 Å². The first-order valence-electron chi connectivity index (χ1n) is 7.74. The van der Waals surface area contributed by atoms with Gasteiger partial charge in [0.15, 0.2) is 0 Å². The normalized spacial score (nSPS) is 26.9. The Morgan fingerprint density at radius 3 is 2.60 bits per heavy atom. The van der Waals surface area contributed by atoms with Crippen molar-refractivity contribution in [2.45, 2.75) is 38.3 Å². The van der Waals surface area contributed by atoms with Crippen LogP contribution in [0.5, 0.6) is 0 Å². The van der Waals surface area contributed by atoms with Crippen molar-refractivity contribution in [1.29, 1.82) is 0 Å². The van der Waals surface area contributed by atoms with Crippen molar-refractivity contribution in [3.63, 3.8) is 0 Å². The molecule has 4 heteroatoms. The standard InChI is InChI=1S/C16H24N2OS/c19-20-11-7-15(8-12-20)17-13-14-5-1-2-6-16(14)18-9-3-4-10-18/h1-2,5-6,15,17H,3-4,7-13H2. The summed E-state index contributed by atoms with van der Waals surface area (Å²) < 4.78 is 11.4. The Hall–Kier alpha value is -0.870. The predicted octanol–water partition coefficient (Wildman–Crippen LogP) is 2.29. The van der Waals surface area contributed by atoms with Gasteiger partial charge in [-0.05, 0) is 37.3 Å². The van der Waals surface area contributed by atoms with E-state index in [-0.39, 0.29) is 0 Å². The highest BCUT2D eigenvalue weighted by molar-refractivity contribution is 7.85. The van der Waals surface area contributed by atoms with Crippen LogP contribution in [-0.2, 0) is 17.3 Å². The van der Waals surface area contributed by atoms with Crippen LogP contribution in [0, 0.1) is 0 Å². The van der Waals surface area contributed by atoms with Crippen LogP contribution in [0.15, 0.2) is 24.3 Å². The zero-order valence-electron chi connectivity index (χ0n) is 12.0. The topological polar surface area (TPSA) is 32.3 Å². The van der Waals surface area contributed by atoms with Crippen LogP contribution < -0.4 is 10.2 Å². The SMILES string of the molecule is O=S1CCC(NCc2ccccc2N2CCCC2)CC1.